The standard InChI is InChI=1S/C23H21FN4O3.C20H17FN4O.C18H13FN4O.C14H10FN3O.C9H15NO4.ClH/c1-22(2,3)30-21(29)27-23(11-12-23)20-26-19(28-31-20)18-10-9-16(14-25-18)8-7-15-5-4-6-17(24)13-15;1-25(2)20(10-11-20)19-23-18(24-26-19)17-9-8-15(13-22-17)7-6-14-4-3-5-16(21)12-14;19-14-3-1-2-12(10-14)4-5-13-6-7-15(21-11-13)16-22-17(24-23-16)18(20)8-9-18;15-12-3-1-2-10(8-12)4-5-11-6-7-13(17-9-11)14(16)18-19;1-8(2,3)14-7(13)10-9(4-5-9)6(11)12;/h4-6,9-10,13-14H,11-12H2,1-3H3,(H,27,29);3-5,8-9,12-13H,10-11H2,1-2H3;1-3,6-7,10-11H,8-9,20H2;1-3,6-9,19H,(H2,16,18);4-5H2,1-3H3,(H,10,13)(H,11,12);1H. The number of ether oxygens (including phenoxy) is 2. The number of benzene rings is 4. The molecule has 0 bridgehead atoms. The van der Waals surface area contributed by atoms with Crippen LogP contribution >= 0.6 is 12.4 Å². The van der Waals surface area contributed by atoms with E-state index in [1.807, 2.05) is 20.2 Å². The van der Waals surface area contributed by atoms with E-state index in [4.69, 9.17) is 44.8 Å². The van der Waals surface area contributed by atoms with Gasteiger partial charge in [-0.15, -0.1) is 12.4 Å². The third-order valence-corrected chi connectivity index (χ3v) is 17.1. The SMILES string of the molecule is CC(C)(C)OC(=O)NC1(C(=O)O)CC1.CC(C)(C)OC(=O)NC1(c2nc(-c3ccc(C#Cc4cccc(F)c4)cn3)no2)CC1.CN(C)C1(c2nc(-c3ccc(C#Cc4cccc(F)c4)cn3)no2)CC1.Cl.N/C(=N\O)c1ccc(C#Cc2cccc(F)c2)cn1.NC1(c2nc(-c3ccc(C#Cc4cccc(F)c4)cn3)no2)CC1. The number of amides is 2. The van der Waals surface area contributed by atoms with Gasteiger partial charge in [0, 0.05) is 69.3 Å². The zero-order chi connectivity index (χ0) is 81.4. The highest BCUT2D eigenvalue weighted by Gasteiger charge is 2.54. The van der Waals surface area contributed by atoms with Gasteiger partial charge in [-0.2, -0.15) is 15.0 Å². The van der Waals surface area contributed by atoms with E-state index in [9.17, 15) is 31.9 Å². The minimum Gasteiger partial charge on any atom is -0.480 e. The second kappa shape index (κ2) is 36.2. The van der Waals surface area contributed by atoms with Crippen molar-refractivity contribution in [3.8, 4) is 81.9 Å². The summed E-state index contributed by atoms with van der Waals surface area (Å²) in [5.41, 5.74) is 15.1. The fourth-order valence-electron chi connectivity index (χ4n) is 10.2. The molecule has 7 heterocycles. The average molecular weight is 1580 g/mol. The quantitative estimate of drug-likeness (QED) is 0.0175. The number of alkyl carbamates (subject to hydrolysis) is 2. The molecular weight excluding hydrogens is 1500 g/mol. The number of carbonyl (C=O) groups excluding carboxylic acids is 2. The number of hydrogen-bond donors (Lipinski definition) is 6. The highest BCUT2D eigenvalue weighted by Crippen LogP contribution is 2.49. The molecule has 0 saturated heterocycles. The van der Waals surface area contributed by atoms with Gasteiger partial charge in [0.2, 0.25) is 29.3 Å². The molecule has 0 spiro atoms. The van der Waals surface area contributed by atoms with Gasteiger partial charge >= 0.3 is 18.2 Å². The van der Waals surface area contributed by atoms with E-state index >= 15 is 0 Å². The normalized spacial score (nSPS) is 14.3. The fraction of sp³-hybridized carbons (Fsp3) is 0.262. The van der Waals surface area contributed by atoms with Gasteiger partial charge in [0.25, 0.3) is 5.89 Å². The number of pyridine rings is 4. The molecule has 4 aliphatic rings. The molecule has 4 aromatic carbocycles. The summed E-state index contributed by atoms with van der Waals surface area (Å²) in [6.45, 7) is 10.6. The average Bonchev–Trinajstić information content (AvgIpc) is 1.57. The number of carboxylic acid groups (broad SMARTS) is 1. The van der Waals surface area contributed by atoms with Crippen LogP contribution in [0.1, 0.15) is 161 Å². The van der Waals surface area contributed by atoms with E-state index in [2.05, 4.69) is 118 Å². The fourth-order valence-corrected chi connectivity index (χ4v) is 10.2. The van der Waals surface area contributed by atoms with Crippen LogP contribution in [-0.4, -0.2) is 120 Å². The molecular formula is C84H77ClF4N16O10. The number of carbonyl (C=O) groups is 3. The second-order valence-electron chi connectivity index (χ2n) is 28.8. The minimum absolute atomic E-state index is 0. The van der Waals surface area contributed by atoms with Crippen molar-refractivity contribution < 1.29 is 65.3 Å². The molecule has 0 radical (unpaired) electrons. The van der Waals surface area contributed by atoms with Crippen LogP contribution in [-0.2, 0) is 30.9 Å². The number of nitrogens with two attached hydrogens (primary N) is 2. The van der Waals surface area contributed by atoms with Crippen molar-refractivity contribution in [3.05, 3.63) is 262 Å². The Bertz CT molecular complexity index is 5590. The maximum absolute atomic E-state index is 13.2. The summed E-state index contributed by atoms with van der Waals surface area (Å²) >= 11 is 0. The van der Waals surface area contributed by atoms with Gasteiger partial charge in [0.1, 0.15) is 73.9 Å². The second-order valence-corrected chi connectivity index (χ2v) is 28.8. The number of aromatic nitrogens is 10. The van der Waals surface area contributed by atoms with Crippen LogP contribution in [0.25, 0.3) is 34.6 Å². The van der Waals surface area contributed by atoms with Crippen molar-refractivity contribution in [3.63, 3.8) is 0 Å². The molecule has 4 aliphatic carbocycles. The van der Waals surface area contributed by atoms with Gasteiger partial charge in [-0.05, 0) is 228 Å². The number of nitrogens with one attached hydrogen (secondary N) is 2. The molecule has 26 nitrogen and oxygen atoms in total. The highest BCUT2D eigenvalue weighted by molar-refractivity contribution is 5.95. The number of nitrogens with zero attached hydrogens (tertiary/aromatic N) is 12. The first-order valence-corrected chi connectivity index (χ1v) is 35.5. The molecule has 0 aliphatic heterocycles. The van der Waals surface area contributed by atoms with E-state index in [0.29, 0.717) is 123 Å². The van der Waals surface area contributed by atoms with Crippen molar-refractivity contribution in [2.75, 3.05) is 14.1 Å². The zero-order valence-corrected chi connectivity index (χ0v) is 64.2. The van der Waals surface area contributed by atoms with E-state index in [-0.39, 0.29) is 47.1 Å². The molecule has 4 saturated carbocycles. The summed E-state index contributed by atoms with van der Waals surface area (Å²) in [6.07, 6.45) is 11.2. The molecule has 31 heteroatoms. The molecule has 2 amide bonds. The smallest absolute Gasteiger partial charge is 0.408 e. The van der Waals surface area contributed by atoms with Crippen molar-refractivity contribution in [1.82, 2.24) is 65.9 Å². The lowest BCUT2D eigenvalue weighted by molar-refractivity contribution is -0.140. The van der Waals surface area contributed by atoms with Crippen molar-refractivity contribution in [1.29, 1.82) is 0 Å². The third kappa shape index (κ3) is 23.9. The zero-order valence-electron chi connectivity index (χ0n) is 63.4. The number of aliphatic carboxylic acids is 1. The Morgan fingerprint density at radius 3 is 1.13 bits per heavy atom. The monoisotopic (exact) mass is 1580 g/mol. The topological polar surface area (TPSA) is 370 Å². The molecule has 115 heavy (non-hydrogen) atoms. The minimum atomic E-state index is -1.07. The van der Waals surface area contributed by atoms with Crippen molar-refractivity contribution in [2.24, 2.45) is 16.6 Å². The molecule has 588 valence electrons. The number of hydrogen-bond acceptors (Lipinski definition) is 22. The summed E-state index contributed by atoms with van der Waals surface area (Å²) in [4.78, 5) is 66.4. The highest BCUT2D eigenvalue weighted by atomic mass is 35.5. The molecule has 8 N–H and O–H groups in total. The lowest BCUT2D eigenvalue weighted by Crippen LogP contribution is -2.45. The lowest BCUT2D eigenvalue weighted by atomic mass is 10.2. The molecule has 11 aromatic rings. The lowest BCUT2D eigenvalue weighted by Gasteiger charge is -2.21. The first kappa shape index (κ1) is 83.8. The predicted octanol–water partition coefficient (Wildman–Crippen LogP) is 13.3. The van der Waals surface area contributed by atoms with Gasteiger partial charge in [0.05, 0.1) is 5.54 Å². The summed E-state index contributed by atoms with van der Waals surface area (Å²) < 4.78 is 78.8. The van der Waals surface area contributed by atoms with E-state index < -0.39 is 46.0 Å². The van der Waals surface area contributed by atoms with Gasteiger partial charge < -0.3 is 55.5 Å². The van der Waals surface area contributed by atoms with Crippen LogP contribution in [0.15, 0.2) is 189 Å². The van der Waals surface area contributed by atoms with Gasteiger partial charge in [-0.3, -0.25) is 24.8 Å². The van der Waals surface area contributed by atoms with E-state index in [0.717, 1.165) is 31.2 Å². The predicted molar refractivity (Wildman–Crippen MR) is 415 cm³/mol. The summed E-state index contributed by atoms with van der Waals surface area (Å²) in [5, 5.41) is 37.3. The Kier molecular flexibility index (Phi) is 26.4. The van der Waals surface area contributed by atoms with Crippen LogP contribution in [0.5, 0.6) is 0 Å². The maximum Gasteiger partial charge on any atom is 0.408 e. The first-order valence-electron chi connectivity index (χ1n) is 35.5. The van der Waals surface area contributed by atoms with Gasteiger partial charge in [-0.1, -0.05) is 92.3 Å². The Morgan fingerprint density at radius 2 is 0.826 bits per heavy atom. The molecule has 0 unspecified atom stereocenters. The molecule has 0 atom stereocenters. The molecule has 7 aromatic heterocycles. The largest absolute Gasteiger partial charge is 0.480 e. The van der Waals surface area contributed by atoms with E-state index in [1.54, 1.807) is 151 Å². The Morgan fingerprint density at radius 1 is 0.478 bits per heavy atom. The van der Waals surface area contributed by atoms with Crippen LogP contribution in [0.3, 0.4) is 0 Å². The maximum atomic E-state index is 13.2. The number of amidine groups is 1. The number of carboxylic acids is 1. The van der Waals surface area contributed by atoms with Crippen molar-refractivity contribution in [2.45, 2.75) is 126 Å². The van der Waals surface area contributed by atoms with Gasteiger partial charge in [0.15, 0.2) is 5.84 Å². The summed E-state index contributed by atoms with van der Waals surface area (Å²) in [5.74, 6) is 23.5. The van der Waals surface area contributed by atoms with Crippen LogP contribution in [0.2, 0.25) is 0 Å². The molecule has 15 rings (SSSR count). The van der Waals surface area contributed by atoms with Gasteiger partial charge in [-0.25, -0.2) is 31.9 Å². The van der Waals surface area contributed by atoms with Crippen LogP contribution in [0, 0.1) is 70.6 Å². The summed E-state index contributed by atoms with van der Waals surface area (Å²) in [7, 11) is 4.03. The van der Waals surface area contributed by atoms with E-state index in [1.165, 1.54) is 54.7 Å². The van der Waals surface area contributed by atoms with Crippen LogP contribution < -0.4 is 22.1 Å². The molecule has 4 fully saturated rings. The third-order valence-electron chi connectivity index (χ3n) is 17.1. The Labute approximate surface area is 664 Å². The Hall–Kier alpha value is -13.7. The van der Waals surface area contributed by atoms with Crippen molar-refractivity contribution >= 4 is 36.4 Å². The number of rotatable bonds is 11. The van der Waals surface area contributed by atoms with Crippen LogP contribution in [0.4, 0.5) is 27.2 Å². The Balaban J connectivity index is 0.000000155. The first-order chi connectivity index (χ1) is 54.3. The number of oxime groups is 1. The number of halogens is 5. The summed E-state index contributed by atoms with van der Waals surface area (Å²) in [6, 6.07) is 38.4.